The van der Waals surface area contributed by atoms with Gasteiger partial charge in [-0.1, -0.05) is 79.2 Å². The van der Waals surface area contributed by atoms with E-state index in [0.29, 0.717) is 19.3 Å². The zero-order valence-corrected chi connectivity index (χ0v) is 21.3. The van der Waals surface area contributed by atoms with Gasteiger partial charge in [-0.3, -0.25) is 4.79 Å². The SMILES string of the molecule is COc1ccc([C@H]2[C@H]3CCCC[C@]3(O)O[C@H](c3ccccc3)[C@@]23CC/C(=C\c2ccccc2)C3=O)cc1. The summed E-state index contributed by atoms with van der Waals surface area (Å²) in [5.74, 6) is -0.656. The molecule has 0 unspecified atom stereocenters. The van der Waals surface area contributed by atoms with Crippen molar-refractivity contribution in [2.75, 3.05) is 7.11 Å². The first-order valence-electron chi connectivity index (χ1n) is 13.4. The Bertz CT molecular complexity index is 1280. The fraction of sp³-hybridized carbons (Fsp3) is 0.364. The van der Waals surface area contributed by atoms with Crippen molar-refractivity contribution in [2.45, 2.75) is 56.3 Å². The predicted octanol–water partition coefficient (Wildman–Crippen LogP) is 6.86. The van der Waals surface area contributed by atoms with Gasteiger partial charge < -0.3 is 14.6 Å². The van der Waals surface area contributed by atoms with Gasteiger partial charge >= 0.3 is 0 Å². The maximum absolute atomic E-state index is 14.7. The third-order valence-corrected chi connectivity index (χ3v) is 8.87. The first-order valence-corrected chi connectivity index (χ1v) is 13.4. The number of hydrogen-bond acceptors (Lipinski definition) is 4. The summed E-state index contributed by atoms with van der Waals surface area (Å²) < 4.78 is 12.2. The molecular formula is C33H34O4. The molecule has 4 heteroatoms. The van der Waals surface area contributed by atoms with Crippen molar-refractivity contribution in [3.8, 4) is 5.75 Å². The fourth-order valence-electron chi connectivity index (χ4n) is 7.20. The number of methoxy groups -OCH3 is 1. The summed E-state index contributed by atoms with van der Waals surface area (Å²) in [5.41, 5.74) is 3.10. The molecule has 3 aromatic carbocycles. The summed E-state index contributed by atoms with van der Waals surface area (Å²) in [6.45, 7) is 0. The quantitative estimate of drug-likeness (QED) is 0.403. The molecule has 4 nitrogen and oxygen atoms in total. The summed E-state index contributed by atoms with van der Waals surface area (Å²) in [7, 11) is 1.66. The highest BCUT2D eigenvalue weighted by molar-refractivity contribution is 6.07. The lowest BCUT2D eigenvalue weighted by molar-refractivity contribution is -0.330. The van der Waals surface area contributed by atoms with E-state index in [9.17, 15) is 9.90 Å². The molecular weight excluding hydrogens is 460 g/mol. The van der Waals surface area contributed by atoms with Gasteiger partial charge in [-0.2, -0.15) is 0 Å². The highest BCUT2D eigenvalue weighted by Crippen LogP contribution is 2.67. The summed E-state index contributed by atoms with van der Waals surface area (Å²) >= 11 is 0. The zero-order chi connectivity index (χ0) is 25.5. The molecule has 0 aromatic heterocycles. The first-order chi connectivity index (χ1) is 18.0. The molecule has 1 N–H and O–H groups in total. The van der Waals surface area contributed by atoms with Gasteiger partial charge in [0.1, 0.15) is 5.75 Å². The van der Waals surface area contributed by atoms with Crippen molar-refractivity contribution in [1.29, 1.82) is 0 Å². The number of ketones is 1. The number of ether oxygens (including phenoxy) is 2. The van der Waals surface area contributed by atoms with Crippen molar-refractivity contribution >= 4 is 11.9 Å². The molecule has 3 aromatic rings. The Labute approximate surface area is 218 Å². The second kappa shape index (κ2) is 9.59. The van der Waals surface area contributed by atoms with Crippen molar-refractivity contribution in [3.63, 3.8) is 0 Å². The lowest BCUT2D eigenvalue weighted by Gasteiger charge is -2.58. The van der Waals surface area contributed by atoms with Crippen LogP contribution in [0.5, 0.6) is 5.75 Å². The maximum atomic E-state index is 14.7. The molecule has 6 rings (SSSR count). The van der Waals surface area contributed by atoms with E-state index in [-0.39, 0.29) is 17.6 Å². The van der Waals surface area contributed by atoms with Crippen LogP contribution in [0.4, 0.5) is 0 Å². The van der Waals surface area contributed by atoms with Crippen LogP contribution >= 0.6 is 0 Å². The molecule has 3 fully saturated rings. The number of allylic oxidation sites excluding steroid dienone is 1. The molecule has 2 saturated carbocycles. The van der Waals surface area contributed by atoms with Crippen LogP contribution in [-0.4, -0.2) is 23.8 Å². The Hall–Kier alpha value is -3.21. The molecule has 2 aliphatic carbocycles. The fourth-order valence-corrected chi connectivity index (χ4v) is 7.20. The number of carbonyl (C=O) groups excluding carboxylic acids is 1. The van der Waals surface area contributed by atoms with E-state index in [1.54, 1.807) is 7.11 Å². The van der Waals surface area contributed by atoms with E-state index in [1.807, 2.05) is 78.9 Å². The van der Waals surface area contributed by atoms with E-state index in [1.165, 1.54) is 0 Å². The van der Waals surface area contributed by atoms with Gasteiger partial charge in [0.2, 0.25) is 0 Å². The van der Waals surface area contributed by atoms with E-state index in [0.717, 1.165) is 47.3 Å². The minimum atomic E-state index is -1.26. The normalized spacial score (nSPS) is 32.4. The number of fused-ring (bicyclic) bond motifs is 1. The minimum Gasteiger partial charge on any atom is -0.497 e. The number of hydrogen-bond donors (Lipinski definition) is 1. The van der Waals surface area contributed by atoms with Crippen molar-refractivity contribution < 1.29 is 19.4 Å². The molecule has 190 valence electrons. The number of rotatable bonds is 4. The molecule has 1 aliphatic heterocycles. The second-order valence-corrected chi connectivity index (χ2v) is 10.8. The summed E-state index contributed by atoms with van der Waals surface area (Å²) in [4.78, 5) is 14.7. The number of benzene rings is 3. The van der Waals surface area contributed by atoms with Gasteiger partial charge in [-0.25, -0.2) is 0 Å². The van der Waals surface area contributed by atoms with Gasteiger partial charge in [0.15, 0.2) is 11.6 Å². The first kappa shape index (κ1) is 24.1. The standard InChI is InChI=1S/C33H34O4/c1-36-27-17-15-24(16-18-27)29-28-14-8-9-20-33(28,35)37-31(25-12-6-3-7-13-25)32(29)21-19-26(30(32)34)22-23-10-4-2-5-11-23/h2-7,10-13,15-18,22,28-29,31,35H,8-9,14,19-21H2,1H3/b26-22+/t28-,29+,31-,32+,33+/m1/s1. The largest absolute Gasteiger partial charge is 0.497 e. The van der Waals surface area contributed by atoms with E-state index < -0.39 is 17.3 Å². The predicted molar refractivity (Wildman–Crippen MR) is 144 cm³/mol. The monoisotopic (exact) mass is 494 g/mol. The van der Waals surface area contributed by atoms with Crippen molar-refractivity contribution in [3.05, 3.63) is 107 Å². The molecule has 1 saturated heterocycles. The average Bonchev–Trinajstić information content (AvgIpc) is 3.25. The third-order valence-electron chi connectivity index (χ3n) is 8.87. The molecule has 1 heterocycles. The van der Waals surface area contributed by atoms with Crippen LogP contribution in [-0.2, 0) is 9.53 Å². The topological polar surface area (TPSA) is 55.8 Å². The number of aliphatic hydroxyl groups is 1. The van der Waals surface area contributed by atoms with Gasteiger partial charge in [-0.15, -0.1) is 0 Å². The molecule has 3 aliphatic rings. The average molecular weight is 495 g/mol. The van der Waals surface area contributed by atoms with Crippen LogP contribution in [0.15, 0.2) is 90.5 Å². The van der Waals surface area contributed by atoms with Crippen LogP contribution in [0, 0.1) is 11.3 Å². The van der Waals surface area contributed by atoms with E-state index in [2.05, 4.69) is 12.1 Å². The zero-order valence-electron chi connectivity index (χ0n) is 21.3. The van der Waals surface area contributed by atoms with E-state index in [4.69, 9.17) is 9.47 Å². The van der Waals surface area contributed by atoms with Crippen LogP contribution in [0.25, 0.3) is 6.08 Å². The Morgan fingerprint density at radius 1 is 0.892 bits per heavy atom. The molecule has 5 atom stereocenters. The Morgan fingerprint density at radius 3 is 2.30 bits per heavy atom. The van der Waals surface area contributed by atoms with Crippen LogP contribution in [0.2, 0.25) is 0 Å². The molecule has 0 amide bonds. The Kier molecular flexibility index (Phi) is 6.26. The number of carbonyl (C=O) groups is 1. The third kappa shape index (κ3) is 4.03. The lowest BCUT2D eigenvalue weighted by atomic mass is 9.55. The van der Waals surface area contributed by atoms with Gasteiger partial charge in [0.05, 0.1) is 18.6 Å². The summed E-state index contributed by atoms with van der Waals surface area (Å²) in [6.07, 6.45) is 6.26. The molecule has 1 spiro atoms. The Balaban J connectivity index is 1.55. The summed E-state index contributed by atoms with van der Waals surface area (Å²) in [5, 5.41) is 12.0. The van der Waals surface area contributed by atoms with Crippen molar-refractivity contribution in [2.24, 2.45) is 11.3 Å². The summed E-state index contributed by atoms with van der Waals surface area (Å²) in [6, 6.07) is 28.2. The van der Waals surface area contributed by atoms with Gasteiger partial charge in [0, 0.05) is 18.3 Å². The van der Waals surface area contributed by atoms with Crippen LogP contribution in [0.3, 0.4) is 0 Å². The highest BCUT2D eigenvalue weighted by Gasteiger charge is 2.66. The van der Waals surface area contributed by atoms with Crippen LogP contribution in [0.1, 0.15) is 67.2 Å². The molecule has 37 heavy (non-hydrogen) atoms. The smallest absolute Gasteiger partial charge is 0.169 e. The highest BCUT2D eigenvalue weighted by atomic mass is 16.6. The second-order valence-electron chi connectivity index (χ2n) is 10.8. The molecule has 0 bridgehead atoms. The van der Waals surface area contributed by atoms with Gasteiger partial charge in [-0.05, 0) is 66.2 Å². The van der Waals surface area contributed by atoms with E-state index >= 15 is 0 Å². The Morgan fingerprint density at radius 2 is 1.59 bits per heavy atom. The molecule has 0 radical (unpaired) electrons. The maximum Gasteiger partial charge on any atom is 0.169 e. The number of Topliss-reactive ketones (excluding diaryl/α,β-unsaturated/α-hetero) is 1. The van der Waals surface area contributed by atoms with Gasteiger partial charge in [0.25, 0.3) is 0 Å². The van der Waals surface area contributed by atoms with Crippen LogP contribution < -0.4 is 4.74 Å². The lowest BCUT2D eigenvalue weighted by Crippen LogP contribution is -2.59. The van der Waals surface area contributed by atoms with Crippen molar-refractivity contribution in [1.82, 2.24) is 0 Å². The minimum absolute atomic E-state index is 0.152.